The van der Waals surface area contributed by atoms with E-state index < -0.39 is 10.0 Å². The van der Waals surface area contributed by atoms with E-state index in [-0.39, 0.29) is 17.9 Å². The molecule has 0 saturated carbocycles. The monoisotopic (exact) mass is 250 g/mol. The first-order chi connectivity index (χ1) is 7.51. The van der Waals surface area contributed by atoms with Crippen molar-refractivity contribution < 1.29 is 13.2 Å². The smallest absolute Gasteiger partial charge is 0.216 e. The molecule has 1 rings (SSSR count). The minimum atomic E-state index is -3.23. The first-order valence-corrected chi connectivity index (χ1v) is 7.34. The Morgan fingerprint density at radius 1 is 1.50 bits per heavy atom. The van der Waals surface area contributed by atoms with Crippen LogP contribution in [-0.2, 0) is 14.8 Å². The fourth-order valence-electron chi connectivity index (χ4n) is 2.04. The summed E-state index contributed by atoms with van der Waals surface area (Å²) >= 11 is 0. The minimum absolute atomic E-state index is 0.0252. The van der Waals surface area contributed by atoms with E-state index in [0.717, 1.165) is 19.3 Å². The molecule has 16 heavy (non-hydrogen) atoms. The van der Waals surface area contributed by atoms with Gasteiger partial charge in [-0.1, -0.05) is 6.42 Å². The molecule has 0 bridgehead atoms. The largest absolute Gasteiger partial charge is 0.381 e. The van der Waals surface area contributed by atoms with Crippen LogP contribution in [0.5, 0.6) is 0 Å². The van der Waals surface area contributed by atoms with Gasteiger partial charge < -0.3 is 10.5 Å². The number of nitrogens with two attached hydrogens (primary N) is 1. The zero-order chi connectivity index (χ0) is 12.2. The van der Waals surface area contributed by atoms with Crippen LogP contribution in [0.25, 0.3) is 0 Å². The van der Waals surface area contributed by atoms with Gasteiger partial charge in [0.15, 0.2) is 0 Å². The van der Waals surface area contributed by atoms with Gasteiger partial charge in [0.05, 0.1) is 11.9 Å². The molecule has 0 aromatic carbocycles. The molecule has 0 aromatic heterocycles. The summed E-state index contributed by atoms with van der Waals surface area (Å²) < 4.78 is 30.8. The van der Waals surface area contributed by atoms with Gasteiger partial charge in [-0.15, -0.1) is 0 Å². The molecule has 0 amide bonds. The number of rotatable bonds is 5. The van der Waals surface area contributed by atoms with E-state index in [1.165, 1.54) is 7.11 Å². The molecule has 0 spiro atoms. The van der Waals surface area contributed by atoms with Crippen molar-refractivity contribution in [1.29, 1.82) is 0 Å². The molecule has 96 valence electrons. The van der Waals surface area contributed by atoms with E-state index in [9.17, 15) is 8.42 Å². The quantitative estimate of drug-likeness (QED) is 0.754. The molecule has 1 aliphatic heterocycles. The van der Waals surface area contributed by atoms with E-state index >= 15 is 0 Å². The Kier molecular flexibility index (Phi) is 5.17. The second kappa shape index (κ2) is 5.95. The average Bonchev–Trinajstić information content (AvgIpc) is 2.28. The maximum Gasteiger partial charge on any atom is 0.216 e. The molecule has 1 heterocycles. The van der Waals surface area contributed by atoms with Gasteiger partial charge in [-0.05, 0) is 19.8 Å². The normalized spacial score (nSPS) is 25.6. The molecule has 2 unspecified atom stereocenters. The van der Waals surface area contributed by atoms with E-state index in [0.29, 0.717) is 13.1 Å². The van der Waals surface area contributed by atoms with Crippen LogP contribution in [-0.4, -0.2) is 50.8 Å². The highest BCUT2D eigenvalue weighted by atomic mass is 32.2. The highest BCUT2D eigenvalue weighted by Crippen LogP contribution is 2.20. The standard InChI is InChI=1S/C10H22N2O3S/c1-9(15-2)8-16(13,14)12-6-4-3-5-10(12)7-11/h9-10H,3-8,11H2,1-2H3. The summed E-state index contributed by atoms with van der Waals surface area (Å²) in [5.74, 6) is 0.0417. The van der Waals surface area contributed by atoms with Crippen LogP contribution in [0.15, 0.2) is 0 Å². The van der Waals surface area contributed by atoms with Gasteiger partial charge in [0.2, 0.25) is 10.0 Å². The van der Waals surface area contributed by atoms with Crippen molar-refractivity contribution in [2.45, 2.75) is 38.3 Å². The molecule has 6 heteroatoms. The lowest BCUT2D eigenvalue weighted by Gasteiger charge is -2.34. The first-order valence-electron chi connectivity index (χ1n) is 5.73. The van der Waals surface area contributed by atoms with Crippen LogP contribution in [0.2, 0.25) is 0 Å². The maximum atomic E-state index is 12.1. The lowest BCUT2D eigenvalue weighted by atomic mass is 10.1. The fourth-order valence-corrected chi connectivity index (χ4v) is 4.01. The molecule has 1 aliphatic rings. The van der Waals surface area contributed by atoms with Crippen molar-refractivity contribution in [1.82, 2.24) is 4.31 Å². The minimum Gasteiger partial charge on any atom is -0.381 e. The number of methoxy groups -OCH3 is 1. The third kappa shape index (κ3) is 3.41. The Bertz CT molecular complexity index is 305. The molecule has 2 atom stereocenters. The second-order valence-electron chi connectivity index (χ2n) is 4.32. The Balaban J connectivity index is 2.72. The maximum absolute atomic E-state index is 12.1. The molecule has 2 N–H and O–H groups in total. The van der Waals surface area contributed by atoms with Gasteiger partial charge in [-0.3, -0.25) is 0 Å². The zero-order valence-corrected chi connectivity index (χ0v) is 10.9. The number of sulfonamides is 1. The van der Waals surface area contributed by atoms with E-state index in [1.54, 1.807) is 11.2 Å². The van der Waals surface area contributed by atoms with Crippen molar-refractivity contribution >= 4 is 10.0 Å². The fraction of sp³-hybridized carbons (Fsp3) is 1.00. The van der Waals surface area contributed by atoms with Crippen LogP contribution in [0.1, 0.15) is 26.2 Å². The van der Waals surface area contributed by atoms with Crippen LogP contribution >= 0.6 is 0 Å². The molecule has 1 saturated heterocycles. The van der Waals surface area contributed by atoms with Crippen LogP contribution in [0.3, 0.4) is 0 Å². The average molecular weight is 250 g/mol. The number of hydrogen-bond donors (Lipinski definition) is 1. The summed E-state index contributed by atoms with van der Waals surface area (Å²) in [6.45, 7) is 2.76. The van der Waals surface area contributed by atoms with Crippen molar-refractivity contribution in [3.8, 4) is 0 Å². The van der Waals surface area contributed by atoms with Crippen molar-refractivity contribution in [3.63, 3.8) is 0 Å². The number of piperidine rings is 1. The Morgan fingerprint density at radius 2 is 2.19 bits per heavy atom. The van der Waals surface area contributed by atoms with Gasteiger partial charge >= 0.3 is 0 Å². The highest BCUT2D eigenvalue weighted by Gasteiger charge is 2.32. The summed E-state index contributed by atoms with van der Waals surface area (Å²) in [6, 6.07) is -0.0252. The molecular formula is C10H22N2O3S. The second-order valence-corrected chi connectivity index (χ2v) is 6.29. The predicted octanol–water partition coefficient (Wildman–Crippen LogP) is 0.164. The Morgan fingerprint density at radius 3 is 2.75 bits per heavy atom. The van der Waals surface area contributed by atoms with Crippen LogP contribution in [0, 0.1) is 0 Å². The molecule has 0 aromatic rings. The van der Waals surface area contributed by atoms with Crippen molar-refractivity contribution in [2.24, 2.45) is 5.73 Å². The van der Waals surface area contributed by atoms with Crippen LogP contribution in [0.4, 0.5) is 0 Å². The summed E-state index contributed by atoms with van der Waals surface area (Å²) in [5.41, 5.74) is 5.62. The molecular weight excluding hydrogens is 228 g/mol. The SMILES string of the molecule is COC(C)CS(=O)(=O)N1CCCCC1CN. The molecule has 0 aliphatic carbocycles. The predicted molar refractivity (Wildman–Crippen MR) is 63.7 cm³/mol. The van der Waals surface area contributed by atoms with Gasteiger partial charge in [-0.2, -0.15) is 4.31 Å². The van der Waals surface area contributed by atoms with Gasteiger partial charge in [0.1, 0.15) is 0 Å². The van der Waals surface area contributed by atoms with Crippen molar-refractivity contribution in [2.75, 3.05) is 26.0 Å². The molecule has 5 nitrogen and oxygen atoms in total. The van der Waals surface area contributed by atoms with E-state index in [2.05, 4.69) is 0 Å². The first kappa shape index (κ1) is 13.9. The summed E-state index contributed by atoms with van der Waals surface area (Å²) in [6.07, 6.45) is 2.59. The highest BCUT2D eigenvalue weighted by molar-refractivity contribution is 7.89. The number of nitrogens with zero attached hydrogens (tertiary/aromatic N) is 1. The Hall–Kier alpha value is -0.170. The third-order valence-electron chi connectivity index (χ3n) is 3.05. The van der Waals surface area contributed by atoms with Crippen molar-refractivity contribution in [3.05, 3.63) is 0 Å². The molecule has 1 fully saturated rings. The summed E-state index contributed by atoms with van der Waals surface area (Å²) in [4.78, 5) is 0. The van der Waals surface area contributed by atoms with Gasteiger partial charge in [0, 0.05) is 26.2 Å². The summed E-state index contributed by atoms with van der Waals surface area (Å²) in [5, 5.41) is 0. The van der Waals surface area contributed by atoms with Gasteiger partial charge in [0.25, 0.3) is 0 Å². The van der Waals surface area contributed by atoms with Crippen LogP contribution < -0.4 is 5.73 Å². The topological polar surface area (TPSA) is 72.6 Å². The Labute approximate surface area is 98.0 Å². The number of ether oxygens (including phenoxy) is 1. The van der Waals surface area contributed by atoms with Gasteiger partial charge in [-0.25, -0.2) is 8.42 Å². The van der Waals surface area contributed by atoms with E-state index in [4.69, 9.17) is 10.5 Å². The molecule has 0 radical (unpaired) electrons. The summed E-state index contributed by atoms with van der Waals surface area (Å²) in [7, 11) is -1.70. The number of hydrogen-bond acceptors (Lipinski definition) is 4. The third-order valence-corrected chi connectivity index (χ3v) is 5.14. The lowest BCUT2D eigenvalue weighted by molar-refractivity contribution is 0.133. The van der Waals surface area contributed by atoms with E-state index in [1.807, 2.05) is 0 Å². The lowest BCUT2D eigenvalue weighted by Crippen LogP contribution is -2.49. The zero-order valence-electron chi connectivity index (χ0n) is 10.1.